The van der Waals surface area contributed by atoms with Gasteiger partial charge in [0.2, 0.25) is 0 Å². The van der Waals surface area contributed by atoms with E-state index in [1.54, 1.807) is 0 Å². The molecule has 0 N–H and O–H groups in total. The Morgan fingerprint density at radius 2 is 1.69 bits per heavy atom. The molecule has 1 aliphatic carbocycles. The number of rotatable bonds is 3. The molecule has 0 fully saturated rings. The van der Waals surface area contributed by atoms with E-state index in [4.69, 9.17) is 0 Å². The second kappa shape index (κ2) is 12.3. The summed E-state index contributed by atoms with van der Waals surface area (Å²) in [5.41, 5.74) is 3.89. The molecule has 0 saturated carbocycles. The van der Waals surface area contributed by atoms with Crippen molar-refractivity contribution in [2.75, 3.05) is 0 Å². The van der Waals surface area contributed by atoms with E-state index in [0.717, 1.165) is 6.42 Å². The summed E-state index contributed by atoms with van der Waals surface area (Å²) in [6.07, 6.45) is 13.2. The van der Waals surface area contributed by atoms with Crippen LogP contribution in [0.3, 0.4) is 0 Å². The molecule has 5 rings (SSSR count). The predicted molar refractivity (Wildman–Crippen MR) is 112 cm³/mol. The molecule has 3 aromatic carbocycles. The summed E-state index contributed by atoms with van der Waals surface area (Å²) < 4.78 is 2.25. The van der Waals surface area contributed by atoms with Gasteiger partial charge in [-0.25, -0.2) is 11.6 Å². The average Bonchev–Trinajstić information content (AvgIpc) is 3.41. The molecule has 29 heavy (non-hydrogen) atoms. The third-order valence-electron chi connectivity index (χ3n) is 4.77. The van der Waals surface area contributed by atoms with Crippen molar-refractivity contribution in [1.29, 1.82) is 0 Å². The third-order valence-corrected chi connectivity index (χ3v) is 4.77. The number of allylic oxidation sites excluding steroid dienone is 4. The fraction of sp³-hybridized carbons (Fsp3) is 0.160. The molecule has 0 aliphatic heterocycles. The molecule has 4 aromatic rings. The summed E-state index contributed by atoms with van der Waals surface area (Å²) in [7, 11) is 0. The van der Waals surface area contributed by atoms with Gasteiger partial charge in [0.1, 0.15) is 0 Å². The first kappa shape index (κ1) is 25.6. The minimum atomic E-state index is 0. The Hall–Kier alpha value is -1.48. The van der Waals surface area contributed by atoms with E-state index in [-0.39, 0.29) is 50.7 Å². The van der Waals surface area contributed by atoms with Crippen LogP contribution in [0.2, 0.25) is 0 Å². The molecule has 146 valence electrons. The Balaban J connectivity index is 0.000000332. The second-order valence-corrected chi connectivity index (χ2v) is 6.65. The molecule has 4 heteroatoms. The molecule has 0 atom stereocenters. The average molecular weight is 587 g/mol. The van der Waals surface area contributed by atoms with Crippen LogP contribution in [0.25, 0.3) is 27.4 Å². The van der Waals surface area contributed by atoms with E-state index < -0.39 is 0 Å². The van der Waals surface area contributed by atoms with Crippen molar-refractivity contribution in [3.63, 3.8) is 0 Å². The van der Waals surface area contributed by atoms with E-state index in [1.165, 1.54) is 45.8 Å². The van der Waals surface area contributed by atoms with Gasteiger partial charge in [0.05, 0.1) is 5.52 Å². The van der Waals surface area contributed by atoms with Gasteiger partial charge in [-0.1, -0.05) is 44.0 Å². The van der Waals surface area contributed by atoms with Crippen LogP contribution in [0, 0.1) is 6.08 Å². The Morgan fingerprint density at radius 3 is 2.38 bits per heavy atom. The van der Waals surface area contributed by atoms with Gasteiger partial charge in [-0.05, 0) is 23.2 Å². The summed E-state index contributed by atoms with van der Waals surface area (Å²) >= 11 is 0. The van der Waals surface area contributed by atoms with Crippen LogP contribution < -0.4 is 24.8 Å². The fourth-order valence-electron chi connectivity index (χ4n) is 3.47. The maximum atomic E-state index is 3.26. The van der Waals surface area contributed by atoms with Gasteiger partial charge < -0.3 is 29.4 Å². The third kappa shape index (κ3) is 6.01. The largest absolute Gasteiger partial charge is 4.00 e. The van der Waals surface area contributed by atoms with Crippen LogP contribution in [-0.2, 0) is 25.8 Å². The first-order chi connectivity index (χ1) is 12.8. The maximum absolute atomic E-state index is 3.26. The summed E-state index contributed by atoms with van der Waals surface area (Å²) in [4.78, 5) is 0. The summed E-state index contributed by atoms with van der Waals surface area (Å²) in [6.45, 7) is 2.20. The number of hydrogen-bond donors (Lipinski definition) is 0. The van der Waals surface area contributed by atoms with Crippen LogP contribution in [0.15, 0.2) is 90.7 Å². The smallest absolute Gasteiger partial charge is 1.00 e. The van der Waals surface area contributed by atoms with Gasteiger partial charge in [0, 0.05) is 6.20 Å². The molecule has 1 aromatic heterocycles. The molecule has 0 unspecified atom stereocenters. The number of aromatic nitrogens is 1. The number of hydrogen-bond acceptors (Lipinski definition) is 0. The monoisotopic (exact) mass is 587 g/mol. The molecule has 0 amide bonds. The zero-order valence-corrected chi connectivity index (χ0v) is 21.5. The molecule has 0 radical (unpaired) electrons. The number of halogens is 2. The van der Waals surface area contributed by atoms with Crippen LogP contribution in [-0.4, -0.2) is 4.57 Å². The van der Waals surface area contributed by atoms with Crippen molar-refractivity contribution in [2.45, 2.75) is 26.2 Å². The fourth-order valence-corrected chi connectivity index (χ4v) is 3.47. The van der Waals surface area contributed by atoms with Crippen LogP contribution in [0.1, 0.15) is 26.2 Å². The van der Waals surface area contributed by atoms with Crippen molar-refractivity contribution in [2.24, 2.45) is 0 Å². The normalized spacial score (nSPS) is 11.7. The SMILES string of the molecule is CCCC1=[C-]CC=C1.[Cl-].[Cl-].[Hf+4].c1ccc2[cH-]c(-n3ccc4ccccc43)cc2c1. The van der Waals surface area contributed by atoms with Gasteiger partial charge >= 0.3 is 25.8 Å². The minimum absolute atomic E-state index is 0. The van der Waals surface area contributed by atoms with E-state index in [1.807, 2.05) is 0 Å². The zero-order chi connectivity index (χ0) is 17.8. The predicted octanol–water partition coefficient (Wildman–Crippen LogP) is 0.984. The Kier molecular flexibility index (Phi) is 10.8. The molecule has 1 aliphatic rings. The van der Waals surface area contributed by atoms with E-state index in [0.29, 0.717) is 0 Å². The van der Waals surface area contributed by atoms with Gasteiger partial charge in [-0.2, -0.15) is 6.08 Å². The molecular weight excluding hydrogens is 564 g/mol. The molecule has 0 spiro atoms. The van der Waals surface area contributed by atoms with E-state index >= 15 is 0 Å². The minimum Gasteiger partial charge on any atom is -1.00 e. The van der Waals surface area contributed by atoms with Gasteiger partial charge in [0.15, 0.2) is 0 Å². The Bertz CT molecular complexity index is 1060. The molecular formula is C25H23Cl2HfN. The number of nitrogens with zero attached hydrogens (tertiary/aromatic N) is 1. The van der Waals surface area contributed by atoms with Crippen LogP contribution >= 0.6 is 0 Å². The van der Waals surface area contributed by atoms with Gasteiger partial charge in [0.25, 0.3) is 0 Å². The first-order valence-corrected chi connectivity index (χ1v) is 9.33. The van der Waals surface area contributed by atoms with Crippen molar-refractivity contribution < 1.29 is 50.7 Å². The van der Waals surface area contributed by atoms with E-state index in [9.17, 15) is 0 Å². The summed E-state index contributed by atoms with van der Waals surface area (Å²) in [5.74, 6) is 0. The molecule has 0 saturated heterocycles. The maximum Gasteiger partial charge on any atom is 4.00 e. The Morgan fingerprint density at radius 1 is 0.966 bits per heavy atom. The van der Waals surface area contributed by atoms with Crippen molar-refractivity contribution >= 4 is 21.7 Å². The molecule has 0 bridgehead atoms. The number of para-hydroxylation sites is 1. The Labute approximate surface area is 204 Å². The topological polar surface area (TPSA) is 4.93 Å². The van der Waals surface area contributed by atoms with Gasteiger partial charge in [-0.15, -0.1) is 47.5 Å². The van der Waals surface area contributed by atoms with Crippen LogP contribution in [0.5, 0.6) is 0 Å². The first-order valence-electron chi connectivity index (χ1n) is 9.33. The zero-order valence-electron chi connectivity index (χ0n) is 16.4. The standard InChI is InChI=1S/C17H12N.C8H11.2ClH.Hf/c1-2-7-15-12-16(11-14(15)6-1)18-10-9-13-5-3-4-8-17(13)18;1-2-5-8-6-3-4-7-8;;;/h1-12H;3,6H,2,4-5H2,1H3;2*1H;/q2*-1;;;+4/p-2. The molecule has 1 nitrogen and oxygen atoms in total. The number of fused-ring (bicyclic) bond motifs is 2. The van der Waals surface area contributed by atoms with Crippen molar-refractivity contribution in [1.82, 2.24) is 4.57 Å². The quantitative estimate of drug-likeness (QED) is 0.249. The van der Waals surface area contributed by atoms with Crippen molar-refractivity contribution in [3.8, 4) is 5.69 Å². The number of benzene rings is 2. The van der Waals surface area contributed by atoms with Gasteiger partial charge in [-0.3, -0.25) is 6.08 Å². The summed E-state index contributed by atoms with van der Waals surface area (Å²) in [5, 5.41) is 3.87. The van der Waals surface area contributed by atoms with Crippen LogP contribution in [0.4, 0.5) is 0 Å². The van der Waals surface area contributed by atoms with E-state index in [2.05, 4.69) is 103 Å². The van der Waals surface area contributed by atoms with Crippen molar-refractivity contribution in [3.05, 3.63) is 96.7 Å². The molecule has 1 heterocycles. The summed E-state index contributed by atoms with van der Waals surface area (Å²) in [6, 6.07) is 23.6. The second-order valence-electron chi connectivity index (χ2n) is 6.65.